The number of piperazine rings is 1. The molecule has 2 aromatic rings. The Labute approximate surface area is 221 Å². The number of hydrogen-bond acceptors (Lipinski definition) is 4. The Balaban J connectivity index is 1.26. The fourth-order valence-electron chi connectivity index (χ4n) is 6.77. The molecule has 0 aromatic heterocycles. The van der Waals surface area contributed by atoms with Gasteiger partial charge in [-0.2, -0.15) is 0 Å². The van der Waals surface area contributed by atoms with Crippen molar-refractivity contribution in [2.24, 2.45) is 5.92 Å². The summed E-state index contributed by atoms with van der Waals surface area (Å²) in [5.74, 6) is 1.69. The van der Waals surface area contributed by atoms with Crippen LogP contribution in [0.2, 0.25) is 0 Å². The van der Waals surface area contributed by atoms with E-state index in [-0.39, 0.29) is 17.9 Å². The minimum absolute atomic E-state index is 0.0864. The molecule has 5 rings (SSSR count). The predicted molar refractivity (Wildman–Crippen MR) is 147 cm³/mol. The number of ether oxygens (including phenoxy) is 1. The normalized spacial score (nSPS) is 23.0. The Kier molecular flexibility index (Phi) is 8.04. The van der Waals surface area contributed by atoms with Crippen LogP contribution in [-0.4, -0.2) is 59.9 Å². The van der Waals surface area contributed by atoms with Gasteiger partial charge in [0.25, 0.3) is 0 Å². The van der Waals surface area contributed by atoms with Gasteiger partial charge in [0.1, 0.15) is 17.3 Å². The average Bonchev–Trinajstić information content (AvgIpc) is 2.93. The summed E-state index contributed by atoms with van der Waals surface area (Å²) in [7, 11) is 1.69. The Hall–Kier alpha value is -2.60. The number of piperidine rings is 1. The van der Waals surface area contributed by atoms with Crippen LogP contribution in [0.3, 0.4) is 0 Å². The molecule has 1 saturated carbocycles. The van der Waals surface area contributed by atoms with Crippen molar-refractivity contribution in [3.8, 4) is 5.75 Å². The summed E-state index contributed by atoms with van der Waals surface area (Å²) < 4.78 is 5.35. The third kappa shape index (κ3) is 5.50. The minimum atomic E-state index is -0.689. The Morgan fingerprint density at radius 2 is 1.73 bits per heavy atom. The van der Waals surface area contributed by atoms with E-state index in [0.29, 0.717) is 25.3 Å². The lowest BCUT2D eigenvalue weighted by atomic mass is 9.79. The number of carbonyl (C=O) groups is 2. The Morgan fingerprint density at radius 3 is 2.46 bits per heavy atom. The van der Waals surface area contributed by atoms with Crippen LogP contribution < -0.4 is 10.1 Å². The van der Waals surface area contributed by atoms with Crippen LogP contribution in [0.25, 0.3) is 10.8 Å². The van der Waals surface area contributed by atoms with Gasteiger partial charge in [0, 0.05) is 26.2 Å². The average molecular weight is 506 g/mol. The summed E-state index contributed by atoms with van der Waals surface area (Å²) in [6.45, 7) is 5.34. The number of benzene rings is 2. The highest BCUT2D eigenvalue weighted by Crippen LogP contribution is 2.36. The van der Waals surface area contributed by atoms with E-state index >= 15 is 0 Å². The van der Waals surface area contributed by atoms with E-state index in [1.165, 1.54) is 48.4 Å². The molecule has 2 heterocycles. The maximum atomic E-state index is 13.8. The van der Waals surface area contributed by atoms with E-state index in [0.717, 1.165) is 44.6 Å². The second-order valence-corrected chi connectivity index (χ2v) is 11.5. The molecule has 2 aliphatic heterocycles. The van der Waals surface area contributed by atoms with Crippen molar-refractivity contribution >= 4 is 22.6 Å². The van der Waals surface area contributed by atoms with Crippen LogP contribution >= 0.6 is 0 Å². The molecular weight excluding hydrogens is 462 g/mol. The highest BCUT2D eigenvalue weighted by atomic mass is 16.5. The van der Waals surface area contributed by atoms with Crippen molar-refractivity contribution in [1.82, 2.24) is 15.1 Å². The van der Waals surface area contributed by atoms with Crippen LogP contribution in [0.4, 0.5) is 0 Å². The first-order valence-corrected chi connectivity index (χ1v) is 14.4. The molecule has 1 N–H and O–H groups in total. The molecule has 200 valence electrons. The first-order valence-electron chi connectivity index (χ1n) is 14.4. The highest BCUT2D eigenvalue weighted by Gasteiger charge is 2.53. The summed E-state index contributed by atoms with van der Waals surface area (Å²) in [5, 5.41) is 5.60. The molecule has 37 heavy (non-hydrogen) atoms. The largest absolute Gasteiger partial charge is 0.497 e. The molecule has 6 heteroatoms. The van der Waals surface area contributed by atoms with E-state index < -0.39 is 5.54 Å². The van der Waals surface area contributed by atoms with Crippen molar-refractivity contribution in [2.75, 3.05) is 26.7 Å². The van der Waals surface area contributed by atoms with Crippen molar-refractivity contribution < 1.29 is 14.3 Å². The van der Waals surface area contributed by atoms with Gasteiger partial charge in [0.15, 0.2) is 0 Å². The van der Waals surface area contributed by atoms with Crippen molar-refractivity contribution in [3.63, 3.8) is 0 Å². The summed E-state index contributed by atoms with van der Waals surface area (Å²) in [4.78, 5) is 31.9. The number of methoxy groups -OCH3 is 1. The number of carbonyl (C=O) groups excluding carboxylic acids is 2. The molecular formula is C31H43N3O3. The van der Waals surface area contributed by atoms with E-state index in [1.807, 2.05) is 11.0 Å². The fraction of sp³-hybridized carbons (Fsp3) is 0.613. The van der Waals surface area contributed by atoms with Gasteiger partial charge in [0.05, 0.1) is 7.11 Å². The molecule has 0 radical (unpaired) electrons. The van der Waals surface area contributed by atoms with Crippen LogP contribution in [0.15, 0.2) is 36.4 Å². The molecule has 1 aliphatic carbocycles. The predicted octanol–water partition coefficient (Wildman–Crippen LogP) is 5.28. The lowest BCUT2D eigenvalue weighted by Gasteiger charge is -2.52. The summed E-state index contributed by atoms with van der Waals surface area (Å²) in [5.41, 5.74) is 0.583. The zero-order chi connectivity index (χ0) is 25.8. The number of amides is 2. The van der Waals surface area contributed by atoms with Crippen LogP contribution in [0, 0.1) is 5.92 Å². The molecule has 2 aromatic carbocycles. The lowest BCUT2D eigenvalue weighted by molar-refractivity contribution is -0.162. The molecule has 3 aliphatic rings. The molecule has 6 nitrogen and oxygen atoms in total. The van der Waals surface area contributed by atoms with Crippen molar-refractivity contribution in [2.45, 2.75) is 89.3 Å². The smallest absolute Gasteiger partial charge is 0.246 e. The first kappa shape index (κ1) is 26.0. The molecule has 1 spiro atoms. The number of hydrogen-bond donors (Lipinski definition) is 1. The van der Waals surface area contributed by atoms with Crippen LogP contribution in [0.5, 0.6) is 5.75 Å². The fourth-order valence-corrected chi connectivity index (χ4v) is 6.77. The second-order valence-electron chi connectivity index (χ2n) is 11.5. The van der Waals surface area contributed by atoms with Gasteiger partial charge in [-0.1, -0.05) is 63.6 Å². The number of rotatable bonds is 8. The summed E-state index contributed by atoms with van der Waals surface area (Å²) in [6, 6.07) is 12.4. The third-order valence-electron chi connectivity index (χ3n) is 9.04. The molecule has 1 unspecified atom stereocenters. The lowest BCUT2D eigenvalue weighted by Crippen LogP contribution is -2.73. The maximum absolute atomic E-state index is 13.8. The van der Waals surface area contributed by atoms with Crippen molar-refractivity contribution in [3.05, 3.63) is 42.0 Å². The first-order chi connectivity index (χ1) is 18.0. The van der Waals surface area contributed by atoms with Gasteiger partial charge in [0.2, 0.25) is 11.8 Å². The van der Waals surface area contributed by atoms with Gasteiger partial charge in [-0.25, -0.2) is 0 Å². The molecule has 0 bridgehead atoms. The number of nitrogens with zero attached hydrogens (tertiary/aromatic N) is 2. The Bertz CT molecular complexity index is 1100. The van der Waals surface area contributed by atoms with E-state index in [2.05, 4.69) is 47.5 Å². The Morgan fingerprint density at radius 1 is 1.00 bits per heavy atom. The quantitative estimate of drug-likeness (QED) is 0.530. The zero-order valence-electron chi connectivity index (χ0n) is 22.6. The topological polar surface area (TPSA) is 61.9 Å². The highest BCUT2D eigenvalue weighted by molar-refractivity contribution is 6.00. The van der Waals surface area contributed by atoms with Gasteiger partial charge in [-0.15, -0.1) is 0 Å². The SMILES string of the molecule is CCCCN1C(=O)C(CC2CCCCC2)NC(=O)C12CCN(Cc1ccc3cc(OC)ccc3c1)CC2. The van der Waals surface area contributed by atoms with Crippen LogP contribution in [-0.2, 0) is 16.1 Å². The number of likely N-dealkylation sites (tertiary alicyclic amines) is 1. The zero-order valence-corrected chi connectivity index (χ0v) is 22.6. The van der Waals surface area contributed by atoms with Gasteiger partial charge < -0.3 is 15.0 Å². The molecule has 2 amide bonds. The van der Waals surface area contributed by atoms with E-state index in [4.69, 9.17) is 4.74 Å². The standard InChI is InChI=1S/C31H43N3O3/c1-3-4-16-34-29(35)28(20-23-8-6-5-7-9-23)32-30(36)31(34)14-17-33(18-15-31)22-24-10-11-26-21-27(37-2)13-12-25(26)19-24/h10-13,19,21,23,28H,3-9,14-18,20,22H2,1-2H3,(H,32,36). The monoisotopic (exact) mass is 505 g/mol. The third-order valence-corrected chi connectivity index (χ3v) is 9.04. The van der Waals surface area contributed by atoms with E-state index in [9.17, 15) is 9.59 Å². The van der Waals surface area contributed by atoms with Crippen LogP contribution in [0.1, 0.15) is 76.7 Å². The second kappa shape index (κ2) is 11.4. The molecule has 3 fully saturated rings. The van der Waals surface area contributed by atoms with Gasteiger partial charge >= 0.3 is 0 Å². The number of fused-ring (bicyclic) bond motifs is 1. The molecule has 1 atom stereocenters. The molecule has 2 saturated heterocycles. The van der Waals surface area contributed by atoms with Gasteiger partial charge in [-0.3, -0.25) is 14.5 Å². The van der Waals surface area contributed by atoms with Crippen molar-refractivity contribution in [1.29, 1.82) is 0 Å². The van der Waals surface area contributed by atoms with E-state index in [1.54, 1.807) is 7.11 Å². The summed E-state index contributed by atoms with van der Waals surface area (Å²) >= 11 is 0. The van der Waals surface area contributed by atoms with Gasteiger partial charge in [-0.05, 0) is 66.1 Å². The summed E-state index contributed by atoms with van der Waals surface area (Å²) in [6.07, 6.45) is 10.4. The maximum Gasteiger partial charge on any atom is 0.246 e. The number of nitrogens with one attached hydrogen (secondary N) is 1. The number of unbranched alkanes of at least 4 members (excludes halogenated alkanes) is 1. The minimum Gasteiger partial charge on any atom is -0.497 e.